The molecule has 0 aliphatic carbocycles. The van der Waals surface area contributed by atoms with Gasteiger partial charge in [0, 0.05) is 19.0 Å². The number of rotatable bonds is 3. The van der Waals surface area contributed by atoms with Gasteiger partial charge in [0.2, 0.25) is 0 Å². The van der Waals surface area contributed by atoms with Crippen molar-refractivity contribution in [2.75, 3.05) is 19.7 Å². The molecule has 2 N–H and O–H groups in total. The molecular weight excluding hydrogens is 156 g/mol. The fraction of sp³-hybridized carbons (Fsp3) is 0.875. The zero-order valence-electron chi connectivity index (χ0n) is 7.54. The molecule has 1 saturated heterocycles. The van der Waals surface area contributed by atoms with Crippen molar-refractivity contribution in [2.24, 2.45) is 11.7 Å². The second kappa shape index (κ2) is 3.41. The number of hydrogen-bond donors (Lipinski definition) is 1. The van der Waals surface area contributed by atoms with Crippen LogP contribution in [0.25, 0.3) is 0 Å². The smallest absolute Gasteiger partial charge is 0.326 e. The first kappa shape index (κ1) is 9.48. The molecule has 1 rings (SSSR count). The molecule has 0 amide bonds. The molecule has 0 aromatic heterocycles. The van der Waals surface area contributed by atoms with Crippen LogP contribution in [0.3, 0.4) is 0 Å². The van der Waals surface area contributed by atoms with Crippen LogP contribution in [-0.2, 0) is 9.53 Å². The Bertz CT molecular complexity index is 176. The second-order valence-electron chi connectivity index (χ2n) is 3.29. The summed E-state index contributed by atoms with van der Waals surface area (Å²) in [5.41, 5.74) is 4.97. The van der Waals surface area contributed by atoms with Crippen molar-refractivity contribution in [1.82, 2.24) is 5.32 Å². The Morgan fingerprint density at radius 1 is 1.75 bits per heavy atom. The number of hydrogen-bond acceptors (Lipinski definition) is 3. The van der Waals surface area contributed by atoms with Crippen LogP contribution >= 0.6 is 0 Å². The van der Waals surface area contributed by atoms with Gasteiger partial charge < -0.3 is 10.5 Å². The van der Waals surface area contributed by atoms with Crippen molar-refractivity contribution in [1.29, 1.82) is 0 Å². The van der Waals surface area contributed by atoms with E-state index < -0.39 is 5.54 Å². The maximum atomic E-state index is 11.3. The van der Waals surface area contributed by atoms with E-state index in [1.54, 1.807) is 13.8 Å². The quantitative estimate of drug-likeness (QED) is 0.582. The predicted octanol–water partition coefficient (Wildman–Crippen LogP) is -0.499. The van der Waals surface area contributed by atoms with Crippen LogP contribution in [0.1, 0.15) is 13.8 Å². The third-order valence-electron chi connectivity index (χ3n) is 2.26. The monoisotopic (exact) mass is 171 g/mol. The summed E-state index contributed by atoms with van der Waals surface area (Å²) >= 11 is 0. The van der Waals surface area contributed by atoms with Gasteiger partial charge in [0.25, 0.3) is 0 Å². The number of ether oxygens (including phenoxy) is 1. The largest absolute Gasteiger partial charge is 0.465 e. The minimum Gasteiger partial charge on any atom is -0.465 e. The normalized spacial score (nSPS) is 22.6. The Kier molecular flexibility index (Phi) is 2.69. The summed E-state index contributed by atoms with van der Waals surface area (Å²) in [4.78, 5) is 11.3. The highest BCUT2D eigenvalue weighted by Gasteiger charge is 2.42. The number of nitrogens with two attached hydrogens (primary N) is 1. The molecule has 1 heterocycles. The summed E-state index contributed by atoms with van der Waals surface area (Å²) in [7, 11) is 0. The van der Waals surface area contributed by atoms with Crippen molar-refractivity contribution in [2.45, 2.75) is 19.4 Å². The Labute approximate surface area is 72.5 Å². The maximum Gasteiger partial charge on any atom is 0.326 e. The van der Waals surface area contributed by atoms with Gasteiger partial charge in [0.15, 0.2) is 0 Å². The highest BCUT2D eigenvalue weighted by Crippen LogP contribution is 2.20. The van der Waals surface area contributed by atoms with E-state index in [0.717, 1.165) is 0 Å². The van der Waals surface area contributed by atoms with Crippen molar-refractivity contribution >= 4 is 5.97 Å². The standard InChI is InChI=1S/C8H15N2O2/c1-3-12-7(11)8(2,9)6-4-10-5-6/h6H,3-5,9H2,1-2H3. The molecule has 1 aliphatic heterocycles. The first-order chi connectivity index (χ1) is 5.59. The average Bonchev–Trinajstić information content (AvgIpc) is 1.82. The molecule has 0 spiro atoms. The van der Waals surface area contributed by atoms with E-state index in [-0.39, 0.29) is 11.9 Å². The Hall–Kier alpha value is -0.610. The molecule has 1 atom stereocenters. The summed E-state index contributed by atoms with van der Waals surface area (Å²) < 4.78 is 4.86. The lowest BCUT2D eigenvalue weighted by atomic mass is 9.82. The molecule has 1 radical (unpaired) electrons. The summed E-state index contributed by atoms with van der Waals surface area (Å²) in [5, 5.41) is 4.02. The van der Waals surface area contributed by atoms with Gasteiger partial charge >= 0.3 is 5.97 Å². The van der Waals surface area contributed by atoms with Gasteiger partial charge in [-0.2, -0.15) is 0 Å². The van der Waals surface area contributed by atoms with E-state index in [2.05, 4.69) is 5.32 Å². The fourth-order valence-electron chi connectivity index (χ4n) is 1.09. The lowest BCUT2D eigenvalue weighted by Crippen LogP contribution is -2.61. The van der Waals surface area contributed by atoms with Gasteiger partial charge in [-0.15, -0.1) is 0 Å². The zero-order valence-corrected chi connectivity index (χ0v) is 7.54. The summed E-state index contributed by atoms with van der Waals surface area (Å²) in [6.07, 6.45) is 0. The second-order valence-corrected chi connectivity index (χ2v) is 3.29. The van der Waals surface area contributed by atoms with Crippen LogP contribution < -0.4 is 11.1 Å². The molecule has 4 nitrogen and oxygen atoms in total. The summed E-state index contributed by atoms with van der Waals surface area (Å²) in [6.45, 7) is 5.25. The first-order valence-corrected chi connectivity index (χ1v) is 4.18. The Morgan fingerprint density at radius 2 is 2.33 bits per heavy atom. The van der Waals surface area contributed by atoms with Crippen molar-refractivity contribution in [3.8, 4) is 0 Å². The SMILES string of the molecule is CCOC(=O)C(C)(N)C1C[N]C1. The number of carbonyl (C=O) groups excluding carboxylic acids is 1. The molecular formula is C8H15N2O2. The van der Waals surface area contributed by atoms with Gasteiger partial charge in [-0.1, -0.05) is 0 Å². The van der Waals surface area contributed by atoms with Crippen LogP contribution in [0, 0.1) is 5.92 Å². The third kappa shape index (κ3) is 1.59. The minimum absolute atomic E-state index is 0.163. The lowest BCUT2D eigenvalue weighted by molar-refractivity contribution is -0.152. The maximum absolute atomic E-state index is 11.3. The molecule has 12 heavy (non-hydrogen) atoms. The highest BCUT2D eigenvalue weighted by molar-refractivity contribution is 5.80. The van der Waals surface area contributed by atoms with E-state index in [4.69, 9.17) is 10.5 Å². The molecule has 0 aromatic rings. The number of carbonyl (C=O) groups is 1. The van der Waals surface area contributed by atoms with Crippen molar-refractivity contribution < 1.29 is 9.53 Å². The number of esters is 1. The van der Waals surface area contributed by atoms with Crippen LogP contribution in [0.15, 0.2) is 0 Å². The van der Waals surface area contributed by atoms with Crippen LogP contribution in [0.2, 0.25) is 0 Å². The third-order valence-corrected chi connectivity index (χ3v) is 2.26. The zero-order chi connectivity index (χ0) is 9.19. The molecule has 0 saturated carbocycles. The van der Waals surface area contributed by atoms with Gasteiger partial charge in [-0.25, -0.2) is 5.32 Å². The highest BCUT2D eigenvalue weighted by atomic mass is 16.5. The van der Waals surface area contributed by atoms with Crippen LogP contribution in [0.4, 0.5) is 0 Å². The summed E-state index contributed by atoms with van der Waals surface area (Å²) in [6, 6.07) is 0. The summed E-state index contributed by atoms with van der Waals surface area (Å²) in [5.74, 6) is -0.151. The van der Waals surface area contributed by atoms with Crippen LogP contribution in [-0.4, -0.2) is 31.2 Å². The van der Waals surface area contributed by atoms with E-state index in [1.165, 1.54) is 0 Å². The van der Waals surface area contributed by atoms with Gasteiger partial charge in [0.1, 0.15) is 5.54 Å². The Balaban J connectivity index is 2.50. The van der Waals surface area contributed by atoms with Crippen LogP contribution in [0.5, 0.6) is 0 Å². The fourth-order valence-corrected chi connectivity index (χ4v) is 1.09. The van der Waals surface area contributed by atoms with E-state index in [9.17, 15) is 4.79 Å². The lowest BCUT2D eigenvalue weighted by Gasteiger charge is -2.37. The molecule has 0 bridgehead atoms. The molecule has 4 heteroatoms. The van der Waals surface area contributed by atoms with Crippen molar-refractivity contribution in [3.63, 3.8) is 0 Å². The predicted molar refractivity (Wildman–Crippen MR) is 44.6 cm³/mol. The molecule has 1 unspecified atom stereocenters. The van der Waals surface area contributed by atoms with E-state index >= 15 is 0 Å². The molecule has 1 fully saturated rings. The molecule has 0 aromatic carbocycles. The van der Waals surface area contributed by atoms with Gasteiger partial charge in [-0.05, 0) is 13.8 Å². The molecule has 69 valence electrons. The van der Waals surface area contributed by atoms with E-state index in [0.29, 0.717) is 19.7 Å². The first-order valence-electron chi connectivity index (χ1n) is 4.18. The Morgan fingerprint density at radius 3 is 2.67 bits per heavy atom. The molecule has 1 aliphatic rings. The minimum atomic E-state index is -0.849. The van der Waals surface area contributed by atoms with Crippen molar-refractivity contribution in [3.05, 3.63) is 0 Å². The average molecular weight is 171 g/mol. The van der Waals surface area contributed by atoms with Gasteiger partial charge in [-0.3, -0.25) is 4.79 Å². The number of nitrogens with zero attached hydrogens (tertiary/aromatic N) is 1. The van der Waals surface area contributed by atoms with Gasteiger partial charge in [0.05, 0.1) is 6.61 Å². The topological polar surface area (TPSA) is 66.4 Å². The van der Waals surface area contributed by atoms with E-state index in [1.807, 2.05) is 0 Å².